The smallest absolute Gasteiger partial charge is 0.0511 e. The second-order valence-corrected chi connectivity index (χ2v) is 7.07. The van der Waals surface area contributed by atoms with Crippen LogP contribution in [0.1, 0.15) is 29.7 Å². The van der Waals surface area contributed by atoms with Gasteiger partial charge in [0.15, 0.2) is 0 Å². The summed E-state index contributed by atoms with van der Waals surface area (Å²) in [5, 5.41) is 12.2. The summed E-state index contributed by atoms with van der Waals surface area (Å²) in [6.07, 6.45) is 0. The lowest BCUT2D eigenvalue weighted by Crippen LogP contribution is -2.18. The zero-order valence-electron chi connectivity index (χ0n) is 15.8. The van der Waals surface area contributed by atoms with Gasteiger partial charge in [-0.1, -0.05) is 77.9 Å². The van der Waals surface area contributed by atoms with E-state index in [4.69, 9.17) is 5.53 Å². The van der Waals surface area contributed by atoms with E-state index in [-0.39, 0.29) is 6.04 Å². The van der Waals surface area contributed by atoms with Crippen molar-refractivity contribution >= 4 is 21.5 Å². The molecule has 138 valence electrons. The van der Waals surface area contributed by atoms with Crippen LogP contribution in [-0.4, -0.2) is 0 Å². The summed E-state index contributed by atoms with van der Waals surface area (Å²) in [4.78, 5) is 2.83. The maximum absolute atomic E-state index is 8.48. The van der Waals surface area contributed by atoms with Crippen LogP contribution >= 0.6 is 0 Å². The average molecular weight is 366 g/mol. The monoisotopic (exact) mass is 366 g/mol. The third-order valence-corrected chi connectivity index (χ3v) is 5.22. The number of nitrogens with one attached hydrogen (secondary N) is 1. The summed E-state index contributed by atoms with van der Waals surface area (Å²) in [5.74, 6) is 0. The molecule has 0 aliphatic carbocycles. The molecule has 1 atom stereocenters. The molecule has 0 amide bonds. The van der Waals surface area contributed by atoms with Crippen LogP contribution in [0.2, 0.25) is 0 Å². The van der Waals surface area contributed by atoms with Crippen LogP contribution in [0.4, 0.5) is 0 Å². The lowest BCUT2D eigenvalue weighted by molar-refractivity contribution is 0.577. The fourth-order valence-electron chi connectivity index (χ4n) is 3.62. The molecule has 0 bridgehead atoms. The number of azide groups is 1. The van der Waals surface area contributed by atoms with Crippen LogP contribution in [0, 0.1) is 0 Å². The van der Waals surface area contributed by atoms with E-state index in [2.05, 4.69) is 95.1 Å². The van der Waals surface area contributed by atoms with Gasteiger partial charge in [0.2, 0.25) is 0 Å². The van der Waals surface area contributed by atoms with E-state index >= 15 is 0 Å². The van der Waals surface area contributed by atoms with Crippen LogP contribution in [0.5, 0.6) is 0 Å². The molecule has 4 nitrogen and oxygen atoms in total. The molecular weight excluding hydrogens is 344 g/mol. The molecule has 0 spiro atoms. The lowest BCUT2D eigenvalue weighted by atomic mass is 10.0. The van der Waals surface area contributed by atoms with Gasteiger partial charge >= 0.3 is 0 Å². The largest absolute Gasteiger partial charge is 0.306 e. The van der Waals surface area contributed by atoms with Crippen molar-refractivity contribution in [1.82, 2.24) is 5.32 Å². The van der Waals surface area contributed by atoms with E-state index in [1.54, 1.807) is 0 Å². The SMILES string of the molecule is C[C@@H](NCc1cccc2ccccc12)c1ccc2cc(CN=[N+]=[N-])ccc2c1. The molecule has 0 radical (unpaired) electrons. The van der Waals surface area contributed by atoms with E-state index in [1.807, 2.05) is 6.07 Å². The summed E-state index contributed by atoms with van der Waals surface area (Å²) in [6, 6.07) is 28.0. The van der Waals surface area contributed by atoms with Crippen molar-refractivity contribution in [1.29, 1.82) is 0 Å². The van der Waals surface area contributed by atoms with Gasteiger partial charge in [-0.15, -0.1) is 0 Å². The van der Waals surface area contributed by atoms with E-state index < -0.39 is 0 Å². The van der Waals surface area contributed by atoms with Crippen LogP contribution in [0.3, 0.4) is 0 Å². The van der Waals surface area contributed by atoms with Gasteiger partial charge in [0.1, 0.15) is 0 Å². The molecule has 0 aromatic heterocycles. The van der Waals surface area contributed by atoms with Gasteiger partial charge in [0, 0.05) is 17.5 Å². The summed E-state index contributed by atoms with van der Waals surface area (Å²) < 4.78 is 0. The Morgan fingerprint density at radius 2 is 1.68 bits per heavy atom. The van der Waals surface area contributed by atoms with Crippen molar-refractivity contribution in [3.8, 4) is 0 Å². The minimum absolute atomic E-state index is 0.242. The lowest BCUT2D eigenvalue weighted by Gasteiger charge is -2.16. The Labute approximate surface area is 164 Å². The van der Waals surface area contributed by atoms with Gasteiger partial charge in [0.05, 0.1) is 6.54 Å². The molecule has 0 heterocycles. The minimum atomic E-state index is 0.242. The zero-order chi connectivity index (χ0) is 19.3. The quantitative estimate of drug-likeness (QED) is 0.232. The first-order valence-corrected chi connectivity index (χ1v) is 9.48. The van der Waals surface area contributed by atoms with Crippen molar-refractivity contribution in [2.45, 2.75) is 26.1 Å². The Morgan fingerprint density at radius 3 is 2.57 bits per heavy atom. The topological polar surface area (TPSA) is 60.8 Å². The van der Waals surface area contributed by atoms with Crippen LogP contribution in [0.25, 0.3) is 32.0 Å². The molecule has 4 aromatic rings. The Morgan fingerprint density at radius 1 is 0.893 bits per heavy atom. The number of hydrogen-bond donors (Lipinski definition) is 1. The van der Waals surface area contributed by atoms with Crippen molar-refractivity contribution in [3.05, 3.63) is 106 Å². The van der Waals surface area contributed by atoms with Gasteiger partial charge < -0.3 is 5.32 Å². The highest BCUT2D eigenvalue weighted by Gasteiger charge is 2.08. The molecule has 28 heavy (non-hydrogen) atoms. The van der Waals surface area contributed by atoms with Gasteiger partial charge in [-0.25, -0.2) is 0 Å². The summed E-state index contributed by atoms with van der Waals surface area (Å²) in [5.41, 5.74) is 12.1. The van der Waals surface area contributed by atoms with Crippen LogP contribution in [-0.2, 0) is 13.1 Å². The summed E-state index contributed by atoms with van der Waals surface area (Å²) in [7, 11) is 0. The Hall–Kier alpha value is -3.33. The highest BCUT2D eigenvalue weighted by molar-refractivity contribution is 5.86. The fourth-order valence-corrected chi connectivity index (χ4v) is 3.62. The molecular formula is C24H22N4. The van der Waals surface area contributed by atoms with Gasteiger partial charge in [-0.3, -0.25) is 0 Å². The van der Waals surface area contributed by atoms with E-state index in [9.17, 15) is 0 Å². The molecule has 0 unspecified atom stereocenters. The Bertz CT molecular complexity index is 1170. The van der Waals surface area contributed by atoms with Crippen molar-refractivity contribution in [3.63, 3.8) is 0 Å². The summed E-state index contributed by atoms with van der Waals surface area (Å²) >= 11 is 0. The minimum Gasteiger partial charge on any atom is -0.306 e. The maximum Gasteiger partial charge on any atom is 0.0511 e. The normalized spacial score (nSPS) is 12.0. The predicted molar refractivity (Wildman–Crippen MR) is 116 cm³/mol. The highest BCUT2D eigenvalue weighted by atomic mass is 15.1. The molecule has 1 N–H and O–H groups in total. The second-order valence-electron chi connectivity index (χ2n) is 7.07. The van der Waals surface area contributed by atoms with Crippen molar-refractivity contribution < 1.29 is 0 Å². The molecule has 4 heteroatoms. The molecule has 0 saturated carbocycles. The molecule has 4 aromatic carbocycles. The van der Waals surface area contributed by atoms with E-state index in [0.717, 1.165) is 17.5 Å². The Balaban J connectivity index is 1.51. The summed E-state index contributed by atoms with van der Waals surface area (Å²) in [6.45, 7) is 3.41. The number of fused-ring (bicyclic) bond motifs is 2. The first-order valence-electron chi connectivity index (χ1n) is 9.48. The number of hydrogen-bond acceptors (Lipinski definition) is 2. The first kappa shape index (κ1) is 18.1. The standard InChI is InChI=1S/C24H22N4/c1-17(26-16-23-7-4-6-19-5-2-3-8-24(19)23)20-11-12-21-13-18(15-27-28-25)9-10-22(21)14-20/h2-14,17,26H,15-16H2,1H3/t17-/m1/s1. The van der Waals surface area contributed by atoms with E-state index in [1.165, 1.54) is 27.3 Å². The molecule has 0 aliphatic heterocycles. The molecule has 0 saturated heterocycles. The number of nitrogens with zero attached hydrogens (tertiary/aromatic N) is 3. The first-order chi connectivity index (χ1) is 13.7. The molecule has 4 rings (SSSR count). The molecule has 0 aliphatic rings. The Kier molecular flexibility index (Phi) is 5.24. The highest BCUT2D eigenvalue weighted by Crippen LogP contribution is 2.23. The third kappa shape index (κ3) is 3.84. The number of rotatable bonds is 6. The maximum atomic E-state index is 8.48. The van der Waals surface area contributed by atoms with Crippen molar-refractivity contribution in [2.75, 3.05) is 0 Å². The van der Waals surface area contributed by atoms with Gasteiger partial charge in [-0.05, 0) is 56.8 Å². The van der Waals surface area contributed by atoms with Crippen LogP contribution < -0.4 is 5.32 Å². The molecule has 0 fully saturated rings. The van der Waals surface area contributed by atoms with E-state index in [0.29, 0.717) is 6.54 Å². The number of benzene rings is 4. The average Bonchev–Trinajstić information content (AvgIpc) is 2.75. The van der Waals surface area contributed by atoms with Crippen molar-refractivity contribution in [2.24, 2.45) is 5.11 Å². The van der Waals surface area contributed by atoms with Gasteiger partial charge in [0.25, 0.3) is 0 Å². The predicted octanol–water partition coefficient (Wildman–Crippen LogP) is 6.65. The second kappa shape index (κ2) is 8.13. The zero-order valence-corrected chi connectivity index (χ0v) is 15.8. The van der Waals surface area contributed by atoms with Gasteiger partial charge in [-0.2, -0.15) is 0 Å². The fraction of sp³-hybridized carbons (Fsp3) is 0.167. The third-order valence-electron chi connectivity index (χ3n) is 5.22. The van der Waals surface area contributed by atoms with Crippen LogP contribution in [0.15, 0.2) is 84.0 Å².